The van der Waals surface area contributed by atoms with Gasteiger partial charge in [0.2, 0.25) is 6.79 Å². The highest BCUT2D eigenvalue weighted by atomic mass is 16.7. The topological polar surface area (TPSA) is 68.3 Å². The smallest absolute Gasteiger partial charge is 0.410 e. The number of ether oxygens (including phenoxy) is 3. The summed E-state index contributed by atoms with van der Waals surface area (Å²) in [5.41, 5.74) is 0.0428. The van der Waals surface area contributed by atoms with Crippen molar-refractivity contribution in [3.05, 3.63) is 23.8 Å². The number of rotatable bonds is 1. The lowest BCUT2D eigenvalue weighted by Gasteiger charge is -2.35. The Labute approximate surface area is 141 Å². The molecule has 0 aromatic heterocycles. The van der Waals surface area contributed by atoms with Gasteiger partial charge in [-0.15, -0.1) is 0 Å². The van der Waals surface area contributed by atoms with Crippen molar-refractivity contribution in [2.24, 2.45) is 0 Å². The third-order valence-corrected chi connectivity index (χ3v) is 3.84. The summed E-state index contributed by atoms with van der Waals surface area (Å²) in [5, 5.41) is 0. The molecule has 1 aromatic rings. The largest absolute Gasteiger partial charge is 0.454 e. The van der Waals surface area contributed by atoms with Crippen molar-refractivity contribution in [3.8, 4) is 11.5 Å². The Kier molecular flexibility index (Phi) is 4.26. The third kappa shape index (κ3) is 3.55. The zero-order valence-corrected chi connectivity index (χ0v) is 14.2. The number of nitrogens with zero attached hydrogens (tertiary/aromatic N) is 2. The van der Waals surface area contributed by atoms with Crippen molar-refractivity contribution < 1.29 is 23.8 Å². The number of piperazine rings is 1. The fraction of sp³-hybridized carbons (Fsp3) is 0.529. The summed E-state index contributed by atoms with van der Waals surface area (Å²) in [4.78, 5) is 28.0. The molecule has 0 atom stereocenters. The second-order valence-electron chi connectivity index (χ2n) is 6.83. The van der Waals surface area contributed by atoms with E-state index in [1.165, 1.54) is 0 Å². The molecule has 2 amide bonds. The van der Waals surface area contributed by atoms with Crippen LogP contribution in [-0.4, -0.2) is 60.4 Å². The van der Waals surface area contributed by atoms with Crippen molar-refractivity contribution >= 4 is 12.0 Å². The maximum Gasteiger partial charge on any atom is 0.410 e. The van der Waals surface area contributed by atoms with Crippen LogP contribution in [0, 0.1) is 0 Å². The molecule has 130 valence electrons. The van der Waals surface area contributed by atoms with Crippen LogP contribution < -0.4 is 9.47 Å². The number of fused-ring (bicyclic) bond motifs is 1. The van der Waals surface area contributed by atoms with Crippen LogP contribution in [0.15, 0.2) is 18.2 Å². The van der Waals surface area contributed by atoms with E-state index in [2.05, 4.69) is 0 Å². The first kappa shape index (κ1) is 16.4. The fourth-order valence-electron chi connectivity index (χ4n) is 2.63. The number of amides is 2. The summed E-state index contributed by atoms with van der Waals surface area (Å²) in [5.74, 6) is 1.17. The highest BCUT2D eigenvalue weighted by Gasteiger charge is 2.28. The molecule has 0 radical (unpaired) electrons. The minimum Gasteiger partial charge on any atom is -0.454 e. The van der Waals surface area contributed by atoms with Crippen LogP contribution in [0.1, 0.15) is 31.1 Å². The highest BCUT2D eigenvalue weighted by molar-refractivity contribution is 5.95. The van der Waals surface area contributed by atoms with Crippen LogP contribution in [0.25, 0.3) is 0 Å². The van der Waals surface area contributed by atoms with Gasteiger partial charge < -0.3 is 24.0 Å². The van der Waals surface area contributed by atoms with Gasteiger partial charge in [-0.3, -0.25) is 4.79 Å². The van der Waals surface area contributed by atoms with E-state index in [4.69, 9.17) is 14.2 Å². The predicted octanol–water partition coefficient (Wildman–Crippen LogP) is 2.11. The van der Waals surface area contributed by atoms with E-state index in [-0.39, 0.29) is 18.8 Å². The van der Waals surface area contributed by atoms with Crippen LogP contribution >= 0.6 is 0 Å². The van der Waals surface area contributed by atoms with Gasteiger partial charge in [0.05, 0.1) is 0 Å². The highest BCUT2D eigenvalue weighted by Crippen LogP contribution is 2.32. The summed E-state index contributed by atoms with van der Waals surface area (Å²) < 4.78 is 15.9. The van der Waals surface area contributed by atoms with Gasteiger partial charge in [0.1, 0.15) is 5.60 Å². The first-order valence-corrected chi connectivity index (χ1v) is 8.00. The number of carbonyl (C=O) groups excluding carboxylic acids is 2. The second-order valence-corrected chi connectivity index (χ2v) is 6.83. The Morgan fingerprint density at radius 2 is 1.62 bits per heavy atom. The molecular formula is C17H22N2O5. The van der Waals surface area contributed by atoms with Gasteiger partial charge in [0, 0.05) is 31.7 Å². The molecule has 2 aliphatic heterocycles. The molecule has 0 spiro atoms. The first-order valence-electron chi connectivity index (χ1n) is 8.00. The van der Waals surface area contributed by atoms with Crippen LogP contribution in [0.2, 0.25) is 0 Å². The van der Waals surface area contributed by atoms with E-state index in [9.17, 15) is 9.59 Å². The molecule has 1 fully saturated rings. The molecular weight excluding hydrogens is 312 g/mol. The monoisotopic (exact) mass is 334 g/mol. The Morgan fingerprint density at radius 1 is 1.00 bits per heavy atom. The van der Waals surface area contributed by atoms with E-state index in [0.29, 0.717) is 43.2 Å². The summed E-state index contributed by atoms with van der Waals surface area (Å²) in [7, 11) is 0. The van der Waals surface area contributed by atoms with Gasteiger partial charge in [-0.25, -0.2) is 4.79 Å². The van der Waals surface area contributed by atoms with E-state index < -0.39 is 5.60 Å². The van der Waals surface area contributed by atoms with Crippen molar-refractivity contribution in [2.45, 2.75) is 26.4 Å². The predicted molar refractivity (Wildman–Crippen MR) is 86.3 cm³/mol. The zero-order valence-electron chi connectivity index (χ0n) is 14.2. The molecule has 24 heavy (non-hydrogen) atoms. The van der Waals surface area contributed by atoms with Crippen LogP contribution in [0.5, 0.6) is 11.5 Å². The number of hydrogen-bond donors (Lipinski definition) is 0. The second kappa shape index (κ2) is 6.22. The maximum absolute atomic E-state index is 12.6. The van der Waals surface area contributed by atoms with Gasteiger partial charge in [-0.2, -0.15) is 0 Å². The summed E-state index contributed by atoms with van der Waals surface area (Å²) >= 11 is 0. The van der Waals surface area contributed by atoms with E-state index in [1.807, 2.05) is 20.8 Å². The van der Waals surface area contributed by atoms with Crippen molar-refractivity contribution in [3.63, 3.8) is 0 Å². The molecule has 1 saturated heterocycles. The minimum absolute atomic E-state index is 0.0721. The molecule has 7 heteroatoms. The zero-order chi connectivity index (χ0) is 17.3. The molecule has 0 aliphatic carbocycles. The molecule has 0 N–H and O–H groups in total. The van der Waals surface area contributed by atoms with Gasteiger partial charge in [-0.1, -0.05) is 0 Å². The third-order valence-electron chi connectivity index (χ3n) is 3.84. The van der Waals surface area contributed by atoms with Crippen LogP contribution in [0.3, 0.4) is 0 Å². The van der Waals surface area contributed by atoms with Crippen molar-refractivity contribution in [2.75, 3.05) is 33.0 Å². The number of benzene rings is 1. The molecule has 1 aromatic carbocycles. The fourth-order valence-corrected chi connectivity index (χ4v) is 2.63. The molecule has 0 saturated carbocycles. The van der Waals surface area contributed by atoms with Gasteiger partial charge >= 0.3 is 6.09 Å². The molecule has 3 rings (SSSR count). The SMILES string of the molecule is CC(C)(C)OC(=O)N1CCN(C(=O)c2ccc3c(c2)OCO3)CC1. The lowest BCUT2D eigenvalue weighted by molar-refractivity contribution is 0.0141. The molecule has 2 aliphatic rings. The van der Waals surface area contributed by atoms with Gasteiger partial charge in [0.15, 0.2) is 11.5 Å². The van der Waals surface area contributed by atoms with E-state index in [0.717, 1.165) is 0 Å². The van der Waals surface area contributed by atoms with Crippen LogP contribution in [0.4, 0.5) is 4.79 Å². The molecule has 0 bridgehead atoms. The standard InChI is InChI=1S/C17H22N2O5/c1-17(2,3)24-16(21)19-8-6-18(7-9-19)15(20)12-4-5-13-14(10-12)23-11-22-13/h4-5,10H,6-9,11H2,1-3H3. The lowest BCUT2D eigenvalue weighted by atomic mass is 10.1. The van der Waals surface area contributed by atoms with Crippen LogP contribution in [-0.2, 0) is 4.74 Å². The Balaban J connectivity index is 1.58. The average molecular weight is 334 g/mol. The van der Waals surface area contributed by atoms with E-state index in [1.54, 1.807) is 28.0 Å². The Hall–Kier alpha value is -2.44. The summed E-state index contributed by atoms with van der Waals surface area (Å²) in [6.45, 7) is 7.58. The number of hydrogen-bond acceptors (Lipinski definition) is 5. The van der Waals surface area contributed by atoms with Gasteiger partial charge in [-0.05, 0) is 39.0 Å². The number of carbonyl (C=O) groups is 2. The summed E-state index contributed by atoms with van der Waals surface area (Å²) in [6, 6.07) is 5.17. The molecule has 0 unspecified atom stereocenters. The maximum atomic E-state index is 12.6. The molecule has 7 nitrogen and oxygen atoms in total. The van der Waals surface area contributed by atoms with E-state index >= 15 is 0 Å². The quantitative estimate of drug-likeness (QED) is 0.787. The lowest BCUT2D eigenvalue weighted by Crippen LogP contribution is -2.51. The minimum atomic E-state index is -0.517. The van der Waals surface area contributed by atoms with Gasteiger partial charge in [0.25, 0.3) is 5.91 Å². The summed E-state index contributed by atoms with van der Waals surface area (Å²) in [6.07, 6.45) is -0.335. The normalized spacial score (nSPS) is 17.0. The average Bonchev–Trinajstić information content (AvgIpc) is 3.00. The Morgan fingerprint density at radius 3 is 2.29 bits per heavy atom. The Bertz CT molecular complexity index is 645. The van der Waals surface area contributed by atoms with Crippen molar-refractivity contribution in [1.82, 2.24) is 9.80 Å². The van der Waals surface area contributed by atoms with Crippen molar-refractivity contribution in [1.29, 1.82) is 0 Å². The molecule has 2 heterocycles. The first-order chi connectivity index (χ1) is 11.3.